The Morgan fingerprint density at radius 1 is 1.27 bits per heavy atom. The Morgan fingerprint density at radius 2 is 2.00 bits per heavy atom. The Balaban J connectivity index is 2.12. The minimum absolute atomic E-state index is 0.238. The zero-order chi connectivity index (χ0) is 10.9. The molecule has 15 heavy (non-hydrogen) atoms. The van der Waals surface area contributed by atoms with E-state index in [1.54, 1.807) is 0 Å². The predicted molar refractivity (Wildman–Crippen MR) is 63.9 cm³/mol. The lowest BCUT2D eigenvalue weighted by Gasteiger charge is -2.13. The highest BCUT2D eigenvalue weighted by Gasteiger charge is 2.01. The van der Waals surface area contributed by atoms with Crippen molar-refractivity contribution in [3.8, 4) is 0 Å². The van der Waals surface area contributed by atoms with Crippen molar-refractivity contribution < 1.29 is 5.11 Å². The monoisotopic (exact) mass is 207 g/mol. The van der Waals surface area contributed by atoms with E-state index in [1.807, 2.05) is 6.07 Å². The molecular weight excluding hydrogens is 186 g/mol. The number of hydrogen-bond acceptors (Lipinski definition) is 2. The zero-order valence-corrected chi connectivity index (χ0v) is 9.45. The van der Waals surface area contributed by atoms with Gasteiger partial charge in [-0.05, 0) is 31.4 Å². The summed E-state index contributed by atoms with van der Waals surface area (Å²) >= 11 is 0. The summed E-state index contributed by atoms with van der Waals surface area (Å²) < 4.78 is 0. The summed E-state index contributed by atoms with van der Waals surface area (Å²) in [6, 6.07) is 10.8. The highest BCUT2D eigenvalue weighted by molar-refractivity contribution is 5.14. The van der Waals surface area contributed by atoms with Crippen molar-refractivity contribution in [1.29, 1.82) is 0 Å². The van der Waals surface area contributed by atoms with Crippen molar-refractivity contribution >= 4 is 0 Å². The van der Waals surface area contributed by atoms with E-state index in [1.165, 1.54) is 5.56 Å². The quantitative estimate of drug-likeness (QED) is 0.670. The Bertz CT molecular complexity index is 244. The minimum atomic E-state index is 0.238. The maximum absolute atomic E-state index is 8.98. The second kappa shape index (κ2) is 7.43. The van der Waals surface area contributed by atoms with Crippen LogP contribution in [0.4, 0.5) is 0 Å². The molecule has 0 saturated carbocycles. The number of aliphatic hydroxyl groups is 1. The van der Waals surface area contributed by atoms with Gasteiger partial charge in [0.05, 0.1) is 6.61 Å². The van der Waals surface area contributed by atoms with Gasteiger partial charge in [-0.1, -0.05) is 37.3 Å². The van der Waals surface area contributed by atoms with Crippen molar-refractivity contribution in [2.24, 2.45) is 0 Å². The third-order valence-corrected chi connectivity index (χ3v) is 2.63. The Labute approximate surface area is 92.3 Å². The largest absolute Gasteiger partial charge is 0.395 e. The van der Waals surface area contributed by atoms with Crippen LogP contribution in [0, 0.1) is 0 Å². The molecule has 0 aliphatic carbocycles. The summed E-state index contributed by atoms with van der Waals surface area (Å²) in [5.41, 5.74) is 1.39. The molecular formula is C13H21NO. The van der Waals surface area contributed by atoms with E-state index in [4.69, 9.17) is 5.11 Å². The van der Waals surface area contributed by atoms with Gasteiger partial charge in [-0.3, -0.25) is 0 Å². The highest BCUT2D eigenvalue weighted by atomic mass is 16.3. The van der Waals surface area contributed by atoms with Crippen LogP contribution < -0.4 is 5.32 Å². The van der Waals surface area contributed by atoms with Gasteiger partial charge in [0.25, 0.3) is 0 Å². The van der Waals surface area contributed by atoms with Gasteiger partial charge in [-0.2, -0.15) is 0 Å². The fourth-order valence-corrected chi connectivity index (χ4v) is 1.58. The van der Waals surface area contributed by atoms with Gasteiger partial charge in [0.1, 0.15) is 0 Å². The number of benzene rings is 1. The summed E-state index contributed by atoms with van der Waals surface area (Å²) in [6.07, 6.45) is 3.22. The minimum Gasteiger partial charge on any atom is -0.395 e. The number of hydrogen-bond donors (Lipinski definition) is 2. The van der Waals surface area contributed by atoms with Crippen LogP contribution in [0.25, 0.3) is 0 Å². The summed E-state index contributed by atoms with van der Waals surface area (Å²) in [5, 5.41) is 12.3. The Hall–Kier alpha value is -0.860. The van der Waals surface area contributed by atoms with Crippen LogP contribution in [-0.4, -0.2) is 24.3 Å². The summed E-state index contributed by atoms with van der Waals surface area (Å²) in [4.78, 5) is 0. The van der Waals surface area contributed by atoms with Gasteiger partial charge in [0.15, 0.2) is 0 Å². The van der Waals surface area contributed by atoms with E-state index in [0.29, 0.717) is 0 Å². The van der Waals surface area contributed by atoms with Crippen LogP contribution in [0.3, 0.4) is 0 Å². The van der Waals surface area contributed by atoms with Gasteiger partial charge < -0.3 is 10.4 Å². The Kier molecular flexibility index (Phi) is 6.05. The molecule has 0 spiro atoms. The normalized spacial score (nSPS) is 12.7. The first-order chi connectivity index (χ1) is 7.36. The first kappa shape index (κ1) is 12.2. The van der Waals surface area contributed by atoms with E-state index in [0.717, 1.165) is 25.8 Å². The molecule has 1 unspecified atom stereocenters. The number of aryl methyl sites for hydroxylation is 1. The van der Waals surface area contributed by atoms with Crippen LogP contribution in [0.5, 0.6) is 0 Å². The van der Waals surface area contributed by atoms with Gasteiger partial charge in [-0.15, -0.1) is 0 Å². The third kappa shape index (κ3) is 4.96. The molecule has 2 nitrogen and oxygen atoms in total. The van der Waals surface area contributed by atoms with Crippen molar-refractivity contribution in [2.75, 3.05) is 13.2 Å². The molecule has 84 valence electrons. The number of aliphatic hydroxyl groups excluding tert-OH is 1. The molecule has 0 radical (unpaired) electrons. The molecule has 1 rings (SSSR count). The molecule has 0 bridgehead atoms. The second-order valence-corrected chi connectivity index (χ2v) is 3.83. The smallest absolute Gasteiger partial charge is 0.0584 e. The summed E-state index contributed by atoms with van der Waals surface area (Å²) in [6.45, 7) is 3.31. The molecule has 0 fully saturated rings. The maximum atomic E-state index is 8.98. The fraction of sp³-hybridized carbons (Fsp3) is 0.538. The predicted octanol–water partition coefficient (Wildman–Crippen LogP) is 1.98. The lowest BCUT2D eigenvalue weighted by Crippen LogP contribution is -2.32. The fourth-order valence-electron chi connectivity index (χ4n) is 1.58. The third-order valence-electron chi connectivity index (χ3n) is 2.63. The maximum Gasteiger partial charge on any atom is 0.0584 e. The molecule has 2 N–H and O–H groups in total. The summed E-state index contributed by atoms with van der Waals surface area (Å²) in [5.74, 6) is 0. The first-order valence-corrected chi connectivity index (χ1v) is 5.75. The molecule has 1 aromatic carbocycles. The van der Waals surface area contributed by atoms with Crippen LogP contribution in [-0.2, 0) is 6.42 Å². The SMILES string of the molecule is CCC(CO)NCCCc1ccccc1. The van der Waals surface area contributed by atoms with Crippen LogP contribution >= 0.6 is 0 Å². The lowest BCUT2D eigenvalue weighted by molar-refractivity contribution is 0.239. The summed E-state index contributed by atoms with van der Waals surface area (Å²) in [7, 11) is 0. The second-order valence-electron chi connectivity index (χ2n) is 3.83. The zero-order valence-electron chi connectivity index (χ0n) is 9.45. The van der Waals surface area contributed by atoms with Gasteiger partial charge >= 0.3 is 0 Å². The van der Waals surface area contributed by atoms with Gasteiger partial charge in [-0.25, -0.2) is 0 Å². The van der Waals surface area contributed by atoms with Crippen molar-refractivity contribution in [2.45, 2.75) is 32.2 Å². The van der Waals surface area contributed by atoms with E-state index in [-0.39, 0.29) is 12.6 Å². The molecule has 0 aromatic heterocycles. The lowest BCUT2D eigenvalue weighted by atomic mass is 10.1. The average Bonchev–Trinajstić information content (AvgIpc) is 2.31. The first-order valence-electron chi connectivity index (χ1n) is 5.75. The Morgan fingerprint density at radius 3 is 2.60 bits per heavy atom. The van der Waals surface area contributed by atoms with E-state index in [2.05, 4.69) is 36.5 Å². The average molecular weight is 207 g/mol. The highest BCUT2D eigenvalue weighted by Crippen LogP contribution is 2.01. The molecule has 0 heterocycles. The van der Waals surface area contributed by atoms with Crippen LogP contribution in [0.1, 0.15) is 25.3 Å². The molecule has 1 atom stereocenters. The molecule has 0 aliphatic rings. The topological polar surface area (TPSA) is 32.3 Å². The van der Waals surface area contributed by atoms with E-state index in [9.17, 15) is 0 Å². The molecule has 0 aliphatic heterocycles. The molecule has 1 aromatic rings. The van der Waals surface area contributed by atoms with E-state index < -0.39 is 0 Å². The molecule has 0 saturated heterocycles. The van der Waals surface area contributed by atoms with E-state index >= 15 is 0 Å². The van der Waals surface area contributed by atoms with Gasteiger partial charge in [0.2, 0.25) is 0 Å². The van der Waals surface area contributed by atoms with Crippen molar-refractivity contribution in [3.63, 3.8) is 0 Å². The van der Waals surface area contributed by atoms with Crippen LogP contribution in [0.2, 0.25) is 0 Å². The van der Waals surface area contributed by atoms with Gasteiger partial charge in [0, 0.05) is 6.04 Å². The van der Waals surface area contributed by atoms with Crippen molar-refractivity contribution in [3.05, 3.63) is 35.9 Å². The molecule has 2 heteroatoms. The molecule has 0 amide bonds. The standard InChI is InChI=1S/C13H21NO/c1-2-13(11-15)14-10-6-9-12-7-4-3-5-8-12/h3-5,7-8,13-15H,2,6,9-11H2,1H3. The van der Waals surface area contributed by atoms with Crippen molar-refractivity contribution in [1.82, 2.24) is 5.32 Å². The number of nitrogens with one attached hydrogen (secondary N) is 1. The van der Waals surface area contributed by atoms with Crippen LogP contribution in [0.15, 0.2) is 30.3 Å². The number of rotatable bonds is 7.